The molecule has 31 heavy (non-hydrogen) atoms. The van der Waals surface area contributed by atoms with Crippen molar-refractivity contribution in [2.75, 3.05) is 18.6 Å². The van der Waals surface area contributed by atoms with Crippen LogP contribution in [-0.4, -0.2) is 82.6 Å². The second kappa shape index (κ2) is 15.4. The molecular weight excluding hydrogens is 430 g/mol. The Hall–Kier alpha value is -2.38. The lowest BCUT2D eigenvalue weighted by atomic mass is 10.1. The van der Waals surface area contributed by atoms with E-state index in [0.29, 0.717) is 31.6 Å². The van der Waals surface area contributed by atoms with Crippen molar-refractivity contribution in [2.45, 2.75) is 63.2 Å². The number of nitrogens with two attached hydrogens (primary N) is 2. The maximum Gasteiger partial charge on any atom is 0.326 e. The van der Waals surface area contributed by atoms with Crippen LogP contribution in [0.25, 0.3) is 0 Å². The Morgan fingerprint density at radius 2 is 1.52 bits per heavy atom. The van der Waals surface area contributed by atoms with Crippen molar-refractivity contribution >= 4 is 41.4 Å². The van der Waals surface area contributed by atoms with Gasteiger partial charge in [-0.15, -0.1) is 0 Å². The summed E-state index contributed by atoms with van der Waals surface area (Å²) in [6, 6.07) is -4.67. The van der Waals surface area contributed by atoms with Crippen molar-refractivity contribution in [2.24, 2.45) is 11.5 Å². The minimum absolute atomic E-state index is 0.197. The quantitative estimate of drug-likeness (QED) is 0.128. The van der Waals surface area contributed by atoms with Gasteiger partial charge in [0.2, 0.25) is 17.7 Å². The third kappa shape index (κ3) is 12.2. The van der Waals surface area contributed by atoms with Crippen LogP contribution in [0, 0.1) is 0 Å². The summed E-state index contributed by atoms with van der Waals surface area (Å²) in [4.78, 5) is 59.2. The first-order chi connectivity index (χ1) is 14.5. The molecule has 0 rings (SSSR count). The fourth-order valence-corrected chi connectivity index (χ4v) is 2.94. The van der Waals surface area contributed by atoms with Crippen molar-refractivity contribution in [1.82, 2.24) is 16.0 Å². The van der Waals surface area contributed by atoms with Crippen molar-refractivity contribution < 1.29 is 34.2 Å². The SMILES string of the molecule is CSCCC(NC(=O)C(C)NC(=O)C(CC(=O)O)NC(=O)C(N)CCCCN)C(=O)O. The summed E-state index contributed by atoms with van der Waals surface area (Å²) in [5.74, 6) is -4.38. The number of carbonyl (C=O) groups excluding carboxylic acids is 3. The van der Waals surface area contributed by atoms with E-state index in [-0.39, 0.29) is 6.42 Å². The van der Waals surface area contributed by atoms with Crippen LogP contribution in [0.1, 0.15) is 39.0 Å². The van der Waals surface area contributed by atoms with E-state index in [1.54, 1.807) is 6.26 Å². The molecule has 13 heteroatoms. The van der Waals surface area contributed by atoms with Gasteiger partial charge in [-0.1, -0.05) is 6.42 Å². The predicted octanol–water partition coefficient (Wildman–Crippen LogP) is -1.77. The number of rotatable bonds is 16. The topological polar surface area (TPSA) is 214 Å². The Morgan fingerprint density at radius 1 is 0.903 bits per heavy atom. The van der Waals surface area contributed by atoms with E-state index < -0.39 is 60.2 Å². The van der Waals surface area contributed by atoms with E-state index in [0.717, 1.165) is 0 Å². The smallest absolute Gasteiger partial charge is 0.326 e. The number of carboxylic acids is 2. The Balaban J connectivity index is 4.97. The maximum atomic E-state index is 12.5. The lowest BCUT2D eigenvalue weighted by molar-refractivity contribution is -0.143. The summed E-state index contributed by atoms with van der Waals surface area (Å²) in [6.45, 7) is 1.76. The molecule has 3 amide bonds. The maximum absolute atomic E-state index is 12.5. The highest BCUT2D eigenvalue weighted by Gasteiger charge is 2.29. The molecule has 0 saturated heterocycles. The van der Waals surface area contributed by atoms with E-state index in [1.165, 1.54) is 18.7 Å². The second-order valence-electron chi connectivity index (χ2n) is 6.96. The summed E-state index contributed by atoms with van der Waals surface area (Å²) in [5.41, 5.74) is 11.1. The highest BCUT2D eigenvalue weighted by molar-refractivity contribution is 7.98. The highest BCUT2D eigenvalue weighted by Crippen LogP contribution is 2.03. The van der Waals surface area contributed by atoms with Crippen LogP contribution in [0.15, 0.2) is 0 Å². The number of nitrogens with one attached hydrogen (secondary N) is 3. The number of hydrogen-bond donors (Lipinski definition) is 7. The molecule has 0 aromatic heterocycles. The van der Waals surface area contributed by atoms with Gasteiger partial charge in [0.1, 0.15) is 18.1 Å². The predicted molar refractivity (Wildman–Crippen MR) is 115 cm³/mol. The van der Waals surface area contributed by atoms with Gasteiger partial charge >= 0.3 is 11.9 Å². The minimum atomic E-state index is -1.45. The van der Waals surface area contributed by atoms with Crippen LogP contribution in [0.5, 0.6) is 0 Å². The van der Waals surface area contributed by atoms with Crippen LogP contribution in [0.2, 0.25) is 0 Å². The third-order valence-electron chi connectivity index (χ3n) is 4.30. The molecule has 178 valence electrons. The molecule has 0 spiro atoms. The molecule has 0 aromatic carbocycles. The Labute approximate surface area is 185 Å². The van der Waals surface area contributed by atoms with Gasteiger partial charge in [0, 0.05) is 0 Å². The van der Waals surface area contributed by atoms with Gasteiger partial charge in [-0.25, -0.2) is 4.79 Å². The Bertz CT molecular complexity index is 634. The summed E-state index contributed by atoms with van der Waals surface area (Å²) >= 11 is 1.42. The first-order valence-electron chi connectivity index (χ1n) is 9.83. The van der Waals surface area contributed by atoms with Crippen molar-refractivity contribution in [3.63, 3.8) is 0 Å². The van der Waals surface area contributed by atoms with Crippen LogP contribution in [0.4, 0.5) is 0 Å². The molecule has 0 fully saturated rings. The Morgan fingerprint density at radius 3 is 2.03 bits per heavy atom. The molecule has 0 aliphatic carbocycles. The number of carboxylic acid groups (broad SMARTS) is 2. The summed E-state index contributed by atoms with van der Waals surface area (Å²) < 4.78 is 0. The molecule has 0 aromatic rings. The average molecular weight is 464 g/mol. The molecule has 12 nitrogen and oxygen atoms in total. The van der Waals surface area contributed by atoms with E-state index in [4.69, 9.17) is 16.6 Å². The monoisotopic (exact) mass is 463 g/mol. The molecule has 0 bridgehead atoms. The van der Waals surface area contributed by atoms with Crippen molar-refractivity contribution in [3.8, 4) is 0 Å². The third-order valence-corrected chi connectivity index (χ3v) is 4.94. The molecule has 0 radical (unpaired) electrons. The first kappa shape index (κ1) is 28.6. The summed E-state index contributed by atoms with van der Waals surface area (Å²) in [6.07, 6.45) is 2.86. The number of carbonyl (C=O) groups is 5. The van der Waals surface area contributed by atoms with Crippen LogP contribution >= 0.6 is 11.8 Å². The molecule has 0 heterocycles. The van der Waals surface area contributed by atoms with Gasteiger partial charge in [-0.05, 0) is 44.7 Å². The van der Waals surface area contributed by atoms with E-state index in [9.17, 15) is 29.1 Å². The van der Waals surface area contributed by atoms with Crippen molar-refractivity contribution in [3.05, 3.63) is 0 Å². The zero-order chi connectivity index (χ0) is 24.0. The highest BCUT2D eigenvalue weighted by atomic mass is 32.2. The molecule has 0 aliphatic heterocycles. The normalized spacial score (nSPS) is 14.6. The fourth-order valence-electron chi connectivity index (χ4n) is 2.47. The molecule has 9 N–H and O–H groups in total. The van der Waals surface area contributed by atoms with Gasteiger partial charge < -0.3 is 37.6 Å². The number of aliphatic carboxylic acids is 2. The Kier molecular flexibility index (Phi) is 14.2. The number of thioether (sulfide) groups is 1. The van der Waals surface area contributed by atoms with Crippen molar-refractivity contribution in [1.29, 1.82) is 0 Å². The van der Waals surface area contributed by atoms with Gasteiger partial charge in [-0.2, -0.15) is 11.8 Å². The summed E-state index contributed by atoms with van der Waals surface area (Å²) in [7, 11) is 0. The average Bonchev–Trinajstić information content (AvgIpc) is 2.69. The number of unbranched alkanes of at least 4 members (excludes halogenated alkanes) is 1. The van der Waals surface area contributed by atoms with Crippen LogP contribution in [0.3, 0.4) is 0 Å². The van der Waals surface area contributed by atoms with Crippen LogP contribution in [-0.2, 0) is 24.0 Å². The lowest BCUT2D eigenvalue weighted by Gasteiger charge is -2.22. The first-order valence-corrected chi connectivity index (χ1v) is 11.2. The number of hydrogen-bond acceptors (Lipinski definition) is 8. The van der Waals surface area contributed by atoms with Gasteiger partial charge in [0.25, 0.3) is 0 Å². The minimum Gasteiger partial charge on any atom is -0.481 e. The zero-order valence-corrected chi connectivity index (χ0v) is 18.6. The largest absolute Gasteiger partial charge is 0.481 e. The second-order valence-corrected chi connectivity index (χ2v) is 7.95. The van der Waals surface area contributed by atoms with Gasteiger partial charge in [-0.3, -0.25) is 19.2 Å². The molecular formula is C18H33N5O7S. The van der Waals surface area contributed by atoms with Gasteiger partial charge in [0.15, 0.2) is 0 Å². The molecule has 0 saturated carbocycles. The number of amides is 3. The molecule has 4 unspecified atom stereocenters. The molecule has 0 aliphatic rings. The van der Waals surface area contributed by atoms with Crippen LogP contribution < -0.4 is 27.4 Å². The van der Waals surface area contributed by atoms with E-state index in [2.05, 4.69) is 16.0 Å². The zero-order valence-electron chi connectivity index (χ0n) is 17.8. The van der Waals surface area contributed by atoms with E-state index >= 15 is 0 Å². The van der Waals surface area contributed by atoms with Gasteiger partial charge in [0.05, 0.1) is 12.5 Å². The summed E-state index contributed by atoms with van der Waals surface area (Å²) in [5, 5.41) is 25.1. The fraction of sp³-hybridized carbons (Fsp3) is 0.722. The molecule has 4 atom stereocenters. The lowest BCUT2D eigenvalue weighted by Crippen LogP contribution is -2.56. The van der Waals surface area contributed by atoms with E-state index in [1.807, 2.05) is 0 Å². The standard InChI is InChI=1S/C18H33N5O7S/c1-10(15(26)22-12(18(29)30)6-8-31-2)21-17(28)13(9-14(24)25)23-16(27)11(20)5-3-4-7-19/h10-13H,3-9,19-20H2,1-2H3,(H,21,28)(H,22,26)(H,23,27)(H,24,25)(H,29,30).